The quantitative estimate of drug-likeness (QED) is 0.847. The van der Waals surface area contributed by atoms with Gasteiger partial charge in [-0.2, -0.15) is 0 Å². The maximum atomic E-state index is 13.0. The van der Waals surface area contributed by atoms with Crippen LogP contribution in [0.5, 0.6) is 0 Å². The van der Waals surface area contributed by atoms with E-state index in [4.69, 9.17) is 16.7 Å². The summed E-state index contributed by atoms with van der Waals surface area (Å²) in [5.74, 6) is -2.63. The summed E-state index contributed by atoms with van der Waals surface area (Å²) in [6.45, 7) is 0. The topological polar surface area (TPSA) is 62.2 Å². The summed E-state index contributed by atoms with van der Waals surface area (Å²) in [5, 5.41) is 11.4. The standard InChI is InChI=1S/C12H7ClF2N2O2/c13-10-1-6(12(18)19)2-11(17-10)16-9-4-7(14)3-8(15)5-9/h1-5H,(H,16,17)(H,18,19). The normalized spacial score (nSPS) is 10.3. The Morgan fingerprint density at radius 2 is 1.79 bits per heavy atom. The third kappa shape index (κ3) is 3.38. The van der Waals surface area contributed by atoms with E-state index >= 15 is 0 Å². The summed E-state index contributed by atoms with van der Waals surface area (Å²) in [6.07, 6.45) is 0. The molecule has 0 radical (unpaired) electrons. The summed E-state index contributed by atoms with van der Waals surface area (Å²) in [7, 11) is 0. The Morgan fingerprint density at radius 1 is 1.16 bits per heavy atom. The van der Waals surface area contributed by atoms with Crippen molar-refractivity contribution in [3.8, 4) is 0 Å². The fraction of sp³-hybridized carbons (Fsp3) is 0. The number of carboxylic acids is 1. The molecule has 0 saturated heterocycles. The van der Waals surface area contributed by atoms with E-state index in [1.807, 2.05) is 0 Å². The fourth-order valence-electron chi connectivity index (χ4n) is 1.46. The molecule has 0 amide bonds. The molecule has 2 rings (SSSR count). The third-order valence-electron chi connectivity index (χ3n) is 2.18. The van der Waals surface area contributed by atoms with Gasteiger partial charge in [-0.25, -0.2) is 18.6 Å². The highest BCUT2D eigenvalue weighted by Crippen LogP contribution is 2.20. The van der Waals surface area contributed by atoms with E-state index in [2.05, 4.69) is 10.3 Å². The summed E-state index contributed by atoms with van der Waals surface area (Å²) in [5.41, 5.74) is 0.0166. The number of aromatic nitrogens is 1. The van der Waals surface area contributed by atoms with Crippen molar-refractivity contribution in [2.24, 2.45) is 0 Å². The number of nitrogens with one attached hydrogen (secondary N) is 1. The van der Waals surface area contributed by atoms with E-state index < -0.39 is 17.6 Å². The molecule has 0 bridgehead atoms. The molecule has 0 spiro atoms. The van der Waals surface area contributed by atoms with Crippen molar-refractivity contribution in [1.29, 1.82) is 0 Å². The van der Waals surface area contributed by atoms with Gasteiger partial charge in [0.05, 0.1) is 5.56 Å². The Kier molecular flexibility index (Phi) is 3.62. The Balaban J connectivity index is 2.35. The van der Waals surface area contributed by atoms with E-state index in [9.17, 15) is 13.6 Å². The summed E-state index contributed by atoms with van der Waals surface area (Å²) >= 11 is 5.66. The molecule has 0 aliphatic heterocycles. The van der Waals surface area contributed by atoms with Gasteiger partial charge < -0.3 is 10.4 Å². The molecule has 4 nitrogen and oxygen atoms in total. The van der Waals surface area contributed by atoms with Crippen LogP contribution in [0.1, 0.15) is 10.4 Å². The largest absolute Gasteiger partial charge is 0.478 e. The van der Waals surface area contributed by atoms with Crippen molar-refractivity contribution in [3.05, 3.63) is 52.7 Å². The average Bonchev–Trinajstić information content (AvgIpc) is 2.26. The zero-order valence-corrected chi connectivity index (χ0v) is 10.1. The molecule has 0 unspecified atom stereocenters. The van der Waals surface area contributed by atoms with Gasteiger partial charge in [0.1, 0.15) is 22.6 Å². The molecule has 2 N–H and O–H groups in total. The highest BCUT2D eigenvalue weighted by molar-refractivity contribution is 6.29. The SMILES string of the molecule is O=C(O)c1cc(Cl)nc(Nc2cc(F)cc(F)c2)c1. The molecular weight excluding hydrogens is 278 g/mol. The molecule has 0 aliphatic rings. The van der Waals surface area contributed by atoms with Gasteiger partial charge in [-0.3, -0.25) is 0 Å². The Hall–Kier alpha value is -2.21. The predicted octanol–water partition coefficient (Wildman–Crippen LogP) is 3.46. The third-order valence-corrected chi connectivity index (χ3v) is 2.37. The van der Waals surface area contributed by atoms with Gasteiger partial charge >= 0.3 is 5.97 Å². The van der Waals surface area contributed by atoms with E-state index in [0.717, 1.165) is 18.2 Å². The van der Waals surface area contributed by atoms with Gasteiger partial charge in [-0.15, -0.1) is 0 Å². The Morgan fingerprint density at radius 3 is 2.37 bits per heavy atom. The van der Waals surface area contributed by atoms with Crippen LogP contribution in [0.3, 0.4) is 0 Å². The second-order valence-corrected chi connectivity index (χ2v) is 4.04. The molecule has 98 valence electrons. The van der Waals surface area contributed by atoms with Crippen molar-refractivity contribution >= 4 is 29.1 Å². The van der Waals surface area contributed by atoms with Crippen LogP contribution < -0.4 is 5.32 Å². The number of carboxylic acid groups (broad SMARTS) is 1. The zero-order valence-electron chi connectivity index (χ0n) is 9.32. The number of hydrogen-bond donors (Lipinski definition) is 2. The first-order valence-corrected chi connectivity index (χ1v) is 5.46. The van der Waals surface area contributed by atoms with Gasteiger partial charge in [0, 0.05) is 11.8 Å². The van der Waals surface area contributed by atoms with Crippen LogP contribution in [-0.4, -0.2) is 16.1 Å². The number of carbonyl (C=O) groups is 1. The molecule has 1 aromatic heterocycles. The van der Waals surface area contributed by atoms with E-state index in [1.165, 1.54) is 12.1 Å². The predicted molar refractivity (Wildman–Crippen MR) is 65.8 cm³/mol. The number of hydrogen-bond acceptors (Lipinski definition) is 3. The van der Waals surface area contributed by atoms with Crippen LogP contribution in [0.2, 0.25) is 5.15 Å². The number of benzene rings is 1. The molecule has 2 aromatic rings. The fourth-order valence-corrected chi connectivity index (χ4v) is 1.67. The highest BCUT2D eigenvalue weighted by Gasteiger charge is 2.08. The lowest BCUT2D eigenvalue weighted by atomic mass is 10.2. The number of pyridine rings is 1. The Labute approximate surface area is 111 Å². The smallest absolute Gasteiger partial charge is 0.335 e. The van der Waals surface area contributed by atoms with Crippen molar-refractivity contribution in [2.75, 3.05) is 5.32 Å². The van der Waals surface area contributed by atoms with Crippen LogP contribution in [0, 0.1) is 11.6 Å². The minimum Gasteiger partial charge on any atom is -0.478 e. The number of halogens is 3. The van der Waals surface area contributed by atoms with E-state index in [-0.39, 0.29) is 22.2 Å². The lowest BCUT2D eigenvalue weighted by molar-refractivity contribution is 0.0697. The van der Waals surface area contributed by atoms with E-state index in [1.54, 1.807) is 0 Å². The number of aromatic carboxylic acids is 1. The van der Waals surface area contributed by atoms with Crippen LogP contribution in [-0.2, 0) is 0 Å². The van der Waals surface area contributed by atoms with Crippen LogP contribution >= 0.6 is 11.6 Å². The van der Waals surface area contributed by atoms with Crippen LogP contribution in [0.25, 0.3) is 0 Å². The molecule has 1 heterocycles. The number of rotatable bonds is 3. The van der Waals surface area contributed by atoms with Crippen molar-refractivity contribution in [1.82, 2.24) is 4.98 Å². The molecule has 19 heavy (non-hydrogen) atoms. The molecular formula is C12H7ClF2N2O2. The lowest BCUT2D eigenvalue weighted by Gasteiger charge is -2.07. The van der Waals surface area contributed by atoms with Gasteiger partial charge in [0.25, 0.3) is 0 Å². The van der Waals surface area contributed by atoms with E-state index in [0.29, 0.717) is 0 Å². The maximum Gasteiger partial charge on any atom is 0.335 e. The van der Waals surface area contributed by atoms with Crippen molar-refractivity contribution < 1.29 is 18.7 Å². The molecule has 0 atom stereocenters. The molecule has 1 aromatic carbocycles. The van der Waals surface area contributed by atoms with Crippen LogP contribution in [0.4, 0.5) is 20.3 Å². The lowest BCUT2D eigenvalue weighted by Crippen LogP contribution is -2.01. The molecule has 0 saturated carbocycles. The minimum atomic E-state index is -1.18. The first-order valence-electron chi connectivity index (χ1n) is 5.08. The van der Waals surface area contributed by atoms with Gasteiger partial charge in [0.15, 0.2) is 0 Å². The summed E-state index contributed by atoms with van der Waals surface area (Å²) < 4.78 is 26.0. The minimum absolute atomic E-state index is 0.0423. The second-order valence-electron chi connectivity index (χ2n) is 3.65. The van der Waals surface area contributed by atoms with Crippen LogP contribution in [0.15, 0.2) is 30.3 Å². The maximum absolute atomic E-state index is 13.0. The summed E-state index contributed by atoms with van der Waals surface area (Å²) in [6, 6.07) is 5.19. The Bertz CT molecular complexity index is 629. The average molecular weight is 285 g/mol. The first-order chi connectivity index (χ1) is 8.94. The van der Waals surface area contributed by atoms with Gasteiger partial charge in [-0.1, -0.05) is 11.6 Å². The second kappa shape index (κ2) is 5.19. The zero-order chi connectivity index (χ0) is 14.0. The monoisotopic (exact) mass is 284 g/mol. The number of anilines is 2. The summed E-state index contributed by atoms with van der Waals surface area (Å²) in [4.78, 5) is 14.6. The molecule has 0 aliphatic carbocycles. The molecule has 7 heteroatoms. The van der Waals surface area contributed by atoms with Crippen molar-refractivity contribution in [3.63, 3.8) is 0 Å². The highest BCUT2D eigenvalue weighted by atomic mass is 35.5. The number of nitrogens with zero attached hydrogens (tertiary/aromatic N) is 1. The molecule has 0 fully saturated rings. The van der Waals surface area contributed by atoms with Gasteiger partial charge in [-0.05, 0) is 24.3 Å². The van der Waals surface area contributed by atoms with Crippen molar-refractivity contribution in [2.45, 2.75) is 0 Å². The first kappa shape index (κ1) is 13.2. The van der Waals surface area contributed by atoms with Gasteiger partial charge in [0.2, 0.25) is 0 Å².